The number of benzene rings is 2. The summed E-state index contributed by atoms with van der Waals surface area (Å²) in [5.41, 5.74) is 3.57. The number of rotatable bonds is 5. The van der Waals surface area contributed by atoms with E-state index in [4.69, 9.17) is 0 Å². The molecular formula is C21H24O. The number of carbonyl (C=O) groups excluding carboxylic acids is 1. The lowest BCUT2D eigenvalue weighted by Crippen LogP contribution is -2.05. The summed E-state index contributed by atoms with van der Waals surface area (Å²) in [6.07, 6.45) is 8.25. The van der Waals surface area contributed by atoms with E-state index in [1.165, 1.54) is 43.2 Å². The van der Waals surface area contributed by atoms with Gasteiger partial charge in [0.1, 0.15) is 0 Å². The SMILES string of the molecule is O=C(CCc1ccc(C2CCCCC2)cc1)c1ccccc1. The second-order valence-corrected chi connectivity index (χ2v) is 6.37. The summed E-state index contributed by atoms with van der Waals surface area (Å²) in [5.74, 6) is 0.991. The van der Waals surface area contributed by atoms with Gasteiger partial charge in [0, 0.05) is 12.0 Å². The third-order valence-electron chi connectivity index (χ3n) is 4.79. The molecule has 0 amide bonds. The Bertz CT molecular complexity index is 592. The van der Waals surface area contributed by atoms with E-state index < -0.39 is 0 Å². The standard InChI is InChI=1S/C21H24O/c22-21(20-9-5-2-6-10-20)16-13-17-11-14-19(15-12-17)18-7-3-1-4-8-18/h2,5-6,9-12,14-15,18H,1,3-4,7-8,13,16H2. The molecule has 0 heterocycles. The van der Waals surface area contributed by atoms with Crippen molar-refractivity contribution < 1.29 is 4.79 Å². The van der Waals surface area contributed by atoms with E-state index in [2.05, 4.69) is 24.3 Å². The van der Waals surface area contributed by atoms with Gasteiger partial charge in [-0.15, -0.1) is 0 Å². The molecular weight excluding hydrogens is 268 g/mol. The molecule has 1 saturated carbocycles. The van der Waals surface area contributed by atoms with Crippen LogP contribution in [-0.2, 0) is 6.42 Å². The molecule has 0 aromatic heterocycles. The van der Waals surface area contributed by atoms with Crippen LogP contribution in [0.5, 0.6) is 0 Å². The quantitative estimate of drug-likeness (QED) is 0.660. The Balaban J connectivity index is 1.56. The van der Waals surface area contributed by atoms with Gasteiger partial charge in [-0.05, 0) is 36.3 Å². The molecule has 1 aliphatic rings. The highest BCUT2D eigenvalue weighted by Crippen LogP contribution is 2.32. The average Bonchev–Trinajstić information content (AvgIpc) is 2.61. The third kappa shape index (κ3) is 3.85. The fourth-order valence-corrected chi connectivity index (χ4v) is 3.42. The largest absolute Gasteiger partial charge is 0.294 e. The number of hydrogen-bond donors (Lipinski definition) is 0. The Morgan fingerprint density at radius 1 is 0.864 bits per heavy atom. The maximum Gasteiger partial charge on any atom is 0.163 e. The van der Waals surface area contributed by atoms with E-state index >= 15 is 0 Å². The van der Waals surface area contributed by atoms with Gasteiger partial charge in [-0.1, -0.05) is 73.9 Å². The summed E-state index contributed by atoms with van der Waals surface area (Å²) in [6.45, 7) is 0. The van der Waals surface area contributed by atoms with Crippen molar-refractivity contribution in [3.8, 4) is 0 Å². The molecule has 114 valence electrons. The molecule has 22 heavy (non-hydrogen) atoms. The minimum Gasteiger partial charge on any atom is -0.294 e. The normalized spacial score (nSPS) is 15.6. The second kappa shape index (κ2) is 7.40. The highest BCUT2D eigenvalue weighted by atomic mass is 16.1. The number of hydrogen-bond acceptors (Lipinski definition) is 1. The number of carbonyl (C=O) groups is 1. The highest BCUT2D eigenvalue weighted by molar-refractivity contribution is 5.96. The molecule has 0 saturated heterocycles. The van der Waals surface area contributed by atoms with Crippen molar-refractivity contribution in [2.45, 2.75) is 50.9 Å². The number of Topliss-reactive ketones (excluding diaryl/α,β-unsaturated/α-hetero) is 1. The van der Waals surface area contributed by atoms with E-state index in [1.54, 1.807) is 0 Å². The summed E-state index contributed by atoms with van der Waals surface area (Å²) < 4.78 is 0. The third-order valence-corrected chi connectivity index (χ3v) is 4.79. The molecule has 0 unspecified atom stereocenters. The first kappa shape index (κ1) is 15.0. The average molecular weight is 292 g/mol. The molecule has 0 atom stereocenters. The molecule has 0 N–H and O–H groups in total. The first-order valence-corrected chi connectivity index (χ1v) is 8.50. The predicted molar refractivity (Wildman–Crippen MR) is 91.4 cm³/mol. The van der Waals surface area contributed by atoms with Crippen LogP contribution in [0, 0.1) is 0 Å². The van der Waals surface area contributed by atoms with Gasteiger partial charge in [0.25, 0.3) is 0 Å². The van der Waals surface area contributed by atoms with E-state index in [0.717, 1.165) is 17.9 Å². The van der Waals surface area contributed by atoms with E-state index in [9.17, 15) is 4.79 Å². The van der Waals surface area contributed by atoms with Gasteiger partial charge in [0.15, 0.2) is 5.78 Å². The Morgan fingerprint density at radius 3 is 2.23 bits per heavy atom. The van der Waals surface area contributed by atoms with Crippen LogP contribution in [0.3, 0.4) is 0 Å². The zero-order chi connectivity index (χ0) is 15.2. The molecule has 1 fully saturated rings. The van der Waals surface area contributed by atoms with Crippen molar-refractivity contribution in [3.05, 3.63) is 71.3 Å². The van der Waals surface area contributed by atoms with Crippen molar-refractivity contribution in [2.24, 2.45) is 0 Å². The van der Waals surface area contributed by atoms with Gasteiger partial charge in [-0.25, -0.2) is 0 Å². The van der Waals surface area contributed by atoms with Gasteiger partial charge >= 0.3 is 0 Å². The van der Waals surface area contributed by atoms with Crippen molar-refractivity contribution in [1.29, 1.82) is 0 Å². The van der Waals surface area contributed by atoms with Crippen LogP contribution in [0.1, 0.15) is 65.9 Å². The van der Waals surface area contributed by atoms with Gasteiger partial charge in [0.05, 0.1) is 0 Å². The zero-order valence-electron chi connectivity index (χ0n) is 13.1. The van der Waals surface area contributed by atoms with Crippen LogP contribution < -0.4 is 0 Å². The van der Waals surface area contributed by atoms with E-state index in [1.807, 2.05) is 30.3 Å². The van der Waals surface area contributed by atoms with Crippen molar-refractivity contribution in [2.75, 3.05) is 0 Å². The molecule has 2 aromatic carbocycles. The minimum atomic E-state index is 0.233. The first-order valence-electron chi connectivity index (χ1n) is 8.50. The molecule has 0 radical (unpaired) electrons. The van der Waals surface area contributed by atoms with Crippen molar-refractivity contribution >= 4 is 5.78 Å². The molecule has 3 rings (SSSR count). The van der Waals surface area contributed by atoms with Crippen LogP contribution in [0.25, 0.3) is 0 Å². The smallest absolute Gasteiger partial charge is 0.163 e. The lowest BCUT2D eigenvalue weighted by atomic mass is 9.84. The molecule has 1 heteroatoms. The lowest BCUT2D eigenvalue weighted by molar-refractivity contribution is 0.0983. The second-order valence-electron chi connectivity index (χ2n) is 6.37. The van der Waals surface area contributed by atoms with E-state index in [-0.39, 0.29) is 5.78 Å². The van der Waals surface area contributed by atoms with Crippen LogP contribution in [0.4, 0.5) is 0 Å². The topological polar surface area (TPSA) is 17.1 Å². The summed E-state index contributed by atoms with van der Waals surface area (Å²) >= 11 is 0. The lowest BCUT2D eigenvalue weighted by Gasteiger charge is -2.22. The number of ketones is 1. The zero-order valence-corrected chi connectivity index (χ0v) is 13.1. The Morgan fingerprint density at radius 2 is 1.55 bits per heavy atom. The van der Waals surface area contributed by atoms with Gasteiger partial charge in [0.2, 0.25) is 0 Å². The van der Waals surface area contributed by atoms with Crippen molar-refractivity contribution in [1.82, 2.24) is 0 Å². The van der Waals surface area contributed by atoms with Crippen LogP contribution >= 0.6 is 0 Å². The fraction of sp³-hybridized carbons (Fsp3) is 0.381. The maximum absolute atomic E-state index is 12.1. The highest BCUT2D eigenvalue weighted by Gasteiger charge is 2.15. The molecule has 1 nitrogen and oxygen atoms in total. The Kier molecular flexibility index (Phi) is 5.05. The van der Waals surface area contributed by atoms with Crippen LogP contribution in [0.2, 0.25) is 0 Å². The van der Waals surface area contributed by atoms with Gasteiger partial charge in [-0.3, -0.25) is 4.79 Å². The predicted octanol–water partition coefficient (Wildman–Crippen LogP) is 5.55. The molecule has 2 aromatic rings. The summed E-state index contributed by atoms with van der Waals surface area (Å²) in [4.78, 5) is 12.1. The van der Waals surface area contributed by atoms with Crippen LogP contribution in [-0.4, -0.2) is 5.78 Å². The molecule has 0 spiro atoms. The molecule has 1 aliphatic carbocycles. The summed E-state index contributed by atoms with van der Waals surface area (Å²) in [6, 6.07) is 18.6. The van der Waals surface area contributed by atoms with Crippen LogP contribution in [0.15, 0.2) is 54.6 Å². The maximum atomic E-state index is 12.1. The fourth-order valence-electron chi connectivity index (χ4n) is 3.42. The summed E-state index contributed by atoms with van der Waals surface area (Å²) in [7, 11) is 0. The van der Waals surface area contributed by atoms with E-state index in [0.29, 0.717) is 6.42 Å². The van der Waals surface area contributed by atoms with Gasteiger partial charge in [-0.2, -0.15) is 0 Å². The first-order chi connectivity index (χ1) is 10.8. The van der Waals surface area contributed by atoms with Gasteiger partial charge < -0.3 is 0 Å². The van der Waals surface area contributed by atoms with Crippen molar-refractivity contribution in [3.63, 3.8) is 0 Å². The number of aryl methyl sites for hydroxylation is 1. The Hall–Kier alpha value is -1.89. The summed E-state index contributed by atoms with van der Waals surface area (Å²) in [5, 5.41) is 0. The molecule has 0 bridgehead atoms. The molecule has 0 aliphatic heterocycles. The minimum absolute atomic E-state index is 0.233. The monoisotopic (exact) mass is 292 g/mol. The Labute approximate surface area is 133 Å².